The summed E-state index contributed by atoms with van der Waals surface area (Å²) < 4.78 is 5.49. The number of hydrogen-bond acceptors (Lipinski definition) is 4. The molecule has 37 heavy (non-hydrogen) atoms. The molecule has 2 aromatic rings. The van der Waals surface area contributed by atoms with E-state index in [1.54, 1.807) is 25.7 Å². The highest BCUT2D eigenvalue weighted by molar-refractivity contribution is 5.93. The van der Waals surface area contributed by atoms with Gasteiger partial charge < -0.3 is 20.3 Å². The average Bonchev–Trinajstić information content (AvgIpc) is 3.62. The van der Waals surface area contributed by atoms with Crippen molar-refractivity contribution in [1.29, 1.82) is 0 Å². The van der Waals surface area contributed by atoms with Crippen molar-refractivity contribution >= 4 is 17.9 Å². The molecule has 0 bridgehead atoms. The van der Waals surface area contributed by atoms with Crippen LogP contribution in [0.1, 0.15) is 75.8 Å². The zero-order valence-electron chi connectivity index (χ0n) is 23.1. The summed E-state index contributed by atoms with van der Waals surface area (Å²) in [6, 6.07) is 13.6. The molecule has 2 N–H and O–H groups in total. The second kappa shape index (κ2) is 11.8. The predicted octanol–water partition coefficient (Wildman–Crippen LogP) is 5.00. The Labute approximate surface area is 221 Å². The first-order valence-corrected chi connectivity index (χ1v) is 13.1. The minimum atomic E-state index is -0.890. The first-order chi connectivity index (χ1) is 17.4. The van der Waals surface area contributed by atoms with Gasteiger partial charge in [-0.1, -0.05) is 48.5 Å². The standard InChI is InChI=1S/C30H41N3O4/c1-19(2)31-27(34)26(23-14-13-20(3)21(4)17-23)33(24-15-16-24)28(35)25(18-22-11-9-8-10-12-22)32-29(36)37-30(5,6)7/h8-14,17,19,24-26H,15-16,18H2,1-7H3,(H,31,34)(H,32,36). The molecule has 7 heteroatoms. The number of alkyl carbamates (subject to hydrolysis) is 1. The van der Waals surface area contributed by atoms with Crippen molar-refractivity contribution in [2.75, 3.05) is 0 Å². The van der Waals surface area contributed by atoms with Gasteiger partial charge in [-0.2, -0.15) is 0 Å². The molecule has 0 heterocycles. The summed E-state index contributed by atoms with van der Waals surface area (Å²) in [5.41, 5.74) is 3.12. The zero-order chi connectivity index (χ0) is 27.3. The minimum Gasteiger partial charge on any atom is -0.444 e. The number of carbonyl (C=O) groups is 3. The number of ether oxygens (including phenoxy) is 1. The van der Waals surface area contributed by atoms with E-state index in [1.165, 1.54) is 0 Å². The Morgan fingerprint density at radius 2 is 1.62 bits per heavy atom. The fraction of sp³-hybridized carbons (Fsp3) is 0.500. The van der Waals surface area contributed by atoms with Crippen LogP contribution in [0.3, 0.4) is 0 Å². The van der Waals surface area contributed by atoms with E-state index < -0.39 is 23.8 Å². The molecule has 1 aliphatic rings. The number of aryl methyl sites for hydroxylation is 2. The maximum atomic E-state index is 14.3. The van der Waals surface area contributed by atoms with Crippen LogP contribution in [-0.2, 0) is 20.7 Å². The van der Waals surface area contributed by atoms with Crippen LogP contribution in [0.5, 0.6) is 0 Å². The normalized spacial score (nSPS) is 15.0. The van der Waals surface area contributed by atoms with E-state index in [0.717, 1.165) is 35.1 Å². The molecule has 2 unspecified atom stereocenters. The topological polar surface area (TPSA) is 87.7 Å². The van der Waals surface area contributed by atoms with Crippen molar-refractivity contribution in [3.05, 3.63) is 70.8 Å². The summed E-state index contributed by atoms with van der Waals surface area (Å²) in [5.74, 6) is -0.520. The number of hydrogen-bond donors (Lipinski definition) is 2. The van der Waals surface area contributed by atoms with Crippen molar-refractivity contribution in [2.45, 2.75) is 97.5 Å². The molecule has 0 saturated heterocycles. The third-order valence-corrected chi connectivity index (χ3v) is 6.27. The number of amides is 3. The summed E-state index contributed by atoms with van der Waals surface area (Å²) in [5, 5.41) is 5.82. The molecular formula is C30H41N3O4. The highest BCUT2D eigenvalue weighted by atomic mass is 16.6. The Hall–Kier alpha value is -3.35. The third-order valence-electron chi connectivity index (χ3n) is 6.27. The highest BCUT2D eigenvalue weighted by Crippen LogP contribution is 2.36. The van der Waals surface area contributed by atoms with E-state index in [0.29, 0.717) is 0 Å². The van der Waals surface area contributed by atoms with Crippen LogP contribution >= 0.6 is 0 Å². The van der Waals surface area contributed by atoms with Gasteiger partial charge >= 0.3 is 6.09 Å². The summed E-state index contributed by atoms with van der Waals surface area (Å²) in [4.78, 5) is 42.3. The molecule has 3 rings (SSSR count). The SMILES string of the molecule is Cc1ccc(C(C(=O)NC(C)C)N(C(=O)C(Cc2ccccc2)NC(=O)OC(C)(C)C)C2CC2)cc1C. The van der Waals surface area contributed by atoms with Crippen LogP contribution in [-0.4, -0.2) is 46.5 Å². The molecular weight excluding hydrogens is 466 g/mol. The molecule has 2 aromatic carbocycles. The molecule has 2 atom stereocenters. The molecule has 0 spiro atoms. The number of rotatable bonds is 9. The van der Waals surface area contributed by atoms with Crippen molar-refractivity contribution in [3.63, 3.8) is 0 Å². The van der Waals surface area contributed by atoms with Crippen LogP contribution in [0.15, 0.2) is 48.5 Å². The fourth-order valence-corrected chi connectivity index (χ4v) is 4.29. The van der Waals surface area contributed by atoms with Crippen molar-refractivity contribution < 1.29 is 19.1 Å². The molecule has 1 fully saturated rings. The molecule has 0 aromatic heterocycles. The van der Waals surface area contributed by atoms with Gasteiger partial charge in [-0.3, -0.25) is 9.59 Å². The van der Waals surface area contributed by atoms with Gasteiger partial charge in [0.15, 0.2) is 0 Å². The third kappa shape index (κ3) is 8.07. The lowest BCUT2D eigenvalue weighted by atomic mass is 9.97. The van der Waals surface area contributed by atoms with E-state index in [4.69, 9.17) is 4.74 Å². The summed E-state index contributed by atoms with van der Waals surface area (Å²) >= 11 is 0. The molecule has 3 amide bonds. The van der Waals surface area contributed by atoms with E-state index >= 15 is 0 Å². The Balaban J connectivity index is 2.01. The van der Waals surface area contributed by atoms with Crippen molar-refractivity contribution in [3.8, 4) is 0 Å². The van der Waals surface area contributed by atoms with E-state index in [-0.39, 0.29) is 30.3 Å². The minimum absolute atomic E-state index is 0.0734. The Kier molecular flexibility index (Phi) is 9.00. The Morgan fingerprint density at radius 1 is 0.973 bits per heavy atom. The highest BCUT2D eigenvalue weighted by Gasteiger charge is 2.44. The van der Waals surface area contributed by atoms with Gasteiger partial charge in [0.2, 0.25) is 11.8 Å². The lowest BCUT2D eigenvalue weighted by molar-refractivity contribution is -0.143. The predicted molar refractivity (Wildman–Crippen MR) is 145 cm³/mol. The van der Waals surface area contributed by atoms with Crippen LogP contribution in [0.4, 0.5) is 4.79 Å². The number of carbonyl (C=O) groups excluding carboxylic acids is 3. The van der Waals surface area contributed by atoms with Crippen LogP contribution in [0.2, 0.25) is 0 Å². The zero-order valence-corrected chi connectivity index (χ0v) is 23.1. The number of benzene rings is 2. The number of nitrogens with one attached hydrogen (secondary N) is 2. The van der Waals surface area contributed by atoms with Gasteiger partial charge in [0.05, 0.1) is 0 Å². The molecule has 1 saturated carbocycles. The van der Waals surface area contributed by atoms with Gasteiger partial charge in [0.25, 0.3) is 0 Å². The maximum Gasteiger partial charge on any atom is 0.408 e. The summed E-state index contributed by atoms with van der Waals surface area (Å²) in [7, 11) is 0. The lowest BCUT2D eigenvalue weighted by Crippen LogP contribution is -2.55. The van der Waals surface area contributed by atoms with E-state index in [9.17, 15) is 14.4 Å². The maximum absolute atomic E-state index is 14.3. The van der Waals surface area contributed by atoms with Gasteiger partial charge in [-0.05, 0) is 83.6 Å². The first-order valence-electron chi connectivity index (χ1n) is 13.1. The average molecular weight is 508 g/mol. The Morgan fingerprint density at radius 3 is 2.16 bits per heavy atom. The van der Waals surface area contributed by atoms with Gasteiger partial charge in [-0.25, -0.2) is 4.79 Å². The van der Waals surface area contributed by atoms with E-state index in [2.05, 4.69) is 10.6 Å². The molecule has 200 valence electrons. The fourth-order valence-electron chi connectivity index (χ4n) is 4.29. The monoisotopic (exact) mass is 507 g/mol. The lowest BCUT2D eigenvalue weighted by Gasteiger charge is -2.35. The second-order valence-corrected chi connectivity index (χ2v) is 11.3. The van der Waals surface area contributed by atoms with Crippen LogP contribution < -0.4 is 10.6 Å². The van der Waals surface area contributed by atoms with Gasteiger partial charge in [0.1, 0.15) is 17.7 Å². The molecule has 0 radical (unpaired) electrons. The molecule has 0 aliphatic heterocycles. The van der Waals surface area contributed by atoms with Crippen LogP contribution in [0, 0.1) is 13.8 Å². The van der Waals surface area contributed by atoms with Gasteiger partial charge in [-0.15, -0.1) is 0 Å². The molecule has 1 aliphatic carbocycles. The summed E-state index contributed by atoms with van der Waals surface area (Å²) in [6.07, 6.45) is 1.25. The first kappa shape index (κ1) is 28.2. The quantitative estimate of drug-likeness (QED) is 0.500. The summed E-state index contributed by atoms with van der Waals surface area (Å²) in [6.45, 7) is 13.2. The van der Waals surface area contributed by atoms with Gasteiger partial charge in [0, 0.05) is 18.5 Å². The second-order valence-electron chi connectivity index (χ2n) is 11.3. The van der Waals surface area contributed by atoms with Crippen molar-refractivity contribution in [1.82, 2.24) is 15.5 Å². The molecule has 7 nitrogen and oxygen atoms in total. The smallest absolute Gasteiger partial charge is 0.408 e. The van der Waals surface area contributed by atoms with Crippen molar-refractivity contribution in [2.24, 2.45) is 0 Å². The van der Waals surface area contributed by atoms with E-state index in [1.807, 2.05) is 76.2 Å². The van der Waals surface area contributed by atoms with Crippen LogP contribution in [0.25, 0.3) is 0 Å². The largest absolute Gasteiger partial charge is 0.444 e. The Bertz CT molecular complexity index is 1100. The number of nitrogens with zero attached hydrogens (tertiary/aromatic N) is 1.